The number of carbonyl (C=O) groups is 2. The van der Waals surface area contributed by atoms with E-state index >= 15 is 0 Å². The van der Waals surface area contributed by atoms with E-state index in [-0.39, 0.29) is 18.9 Å². The summed E-state index contributed by atoms with van der Waals surface area (Å²) in [5.41, 5.74) is 5.65. The van der Waals surface area contributed by atoms with E-state index in [0.29, 0.717) is 5.56 Å². The van der Waals surface area contributed by atoms with E-state index in [1.54, 1.807) is 36.2 Å². The Balaban J connectivity index is 2.58. The fraction of sp³-hybridized carbons (Fsp3) is 0.273. The van der Waals surface area contributed by atoms with Crippen molar-refractivity contribution in [2.75, 3.05) is 20.1 Å². The molecule has 2 N–H and O–H groups in total. The quantitative estimate of drug-likeness (QED) is 0.822. The minimum atomic E-state index is -0.439. The minimum absolute atomic E-state index is 0.0312. The summed E-state index contributed by atoms with van der Waals surface area (Å²) < 4.78 is 0.926. The number of ketones is 1. The van der Waals surface area contributed by atoms with Crippen LogP contribution in [-0.4, -0.2) is 36.7 Å². The molecule has 0 saturated heterocycles. The largest absolute Gasteiger partial charge is 0.369 e. The van der Waals surface area contributed by atoms with Gasteiger partial charge in [0.05, 0.1) is 13.1 Å². The lowest BCUT2D eigenvalue weighted by molar-refractivity contribution is -0.118. The molecular weight excluding hydrogens is 272 g/mol. The first-order valence-corrected chi connectivity index (χ1v) is 5.54. The molecule has 1 rings (SSSR count). The molecule has 0 saturated carbocycles. The fourth-order valence-electron chi connectivity index (χ4n) is 1.29. The number of Topliss-reactive ketones (excluding diaryl/α,β-unsaturated/α-hetero) is 1. The Hall–Kier alpha value is -1.20. The number of benzene rings is 1. The molecule has 0 radical (unpaired) electrons. The van der Waals surface area contributed by atoms with Crippen LogP contribution >= 0.6 is 15.9 Å². The third-order valence-corrected chi connectivity index (χ3v) is 2.53. The molecule has 0 aliphatic rings. The summed E-state index contributed by atoms with van der Waals surface area (Å²) in [7, 11) is 1.68. The highest BCUT2D eigenvalue weighted by Crippen LogP contribution is 2.11. The lowest BCUT2D eigenvalue weighted by Gasteiger charge is -2.13. The Morgan fingerprint density at radius 3 is 2.31 bits per heavy atom. The van der Waals surface area contributed by atoms with Gasteiger partial charge in [-0.05, 0) is 19.2 Å². The number of primary amides is 1. The van der Waals surface area contributed by atoms with Crippen molar-refractivity contribution in [3.63, 3.8) is 0 Å². The molecule has 0 aromatic heterocycles. The first-order chi connectivity index (χ1) is 7.49. The molecule has 86 valence electrons. The van der Waals surface area contributed by atoms with E-state index in [9.17, 15) is 9.59 Å². The normalized spacial score (nSPS) is 10.4. The first kappa shape index (κ1) is 12.9. The van der Waals surface area contributed by atoms with Crippen LogP contribution in [0.1, 0.15) is 10.4 Å². The van der Waals surface area contributed by atoms with E-state index in [0.717, 1.165) is 4.47 Å². The molecule has 1 aromatic rings. The maximum absolute atomic E-state index is 11.7. The zero-order valence-corrected chi connectivity index (χ0v) is 10.5. The van der Waals surface area contributed by atoms with Gasteiger partial charge in [0.25, 0.3) is 0 Å². The maximum Gasteiger partial charge on any atom is 0.231 e. The van der Waals surface area contributed by atoms with Gasteiger partial charge in [-0.15, -0.1) is 0 Å². The zero-order valence-electron chi connectivity index (χ0n) is 8.94. The van der Waals surface area contributed by atoms with Gasteiger partial charge < -0.3 is 5.73 Å². The predicted octanol–water partition coefficient (Wildman–Crippen LogP) is 1.05. The second kappa shape index (κ2) is 5.77. The van der Waals surface area contributed by atoms with E-state index < -0.39 is 5.91 Å². The average molecular weight is 285 g/mol. The third kappa shape index (κ3) is 4.12. The van der Waals surface area contributed by atoms with Crippen LogP contribution in [0.2, 0.25) is 0 Å². The number of amides is 1. The van der Waals surface area contributed by atoms with Crippen molar-refractivity contribution in [2.24, 2.45) is 5.73 Å². The third-order valence-electron chi connectivity index (χ3n) is 2.01. The summed E-state index contributed by atoms with van der Waals surface area (Å²) in [6.07, 6.45) is 0. The fourth-order valence-corrected chi connectivity index (χ4v) is 1.56. The molecular formula is C11H13BrN2O2. The lowest BCUT2D eigenvalue weighted by atomic mass is 10.1. The van der Waals surface area contributed by atoms with Crippen molar-refractivity contribution < 1.29 is 9.59 Å². The smallest absolute Gasteiger partial charge is 0.231 e. The Morgan fingerprint density at radius 1 is 1.25 bits per heavy atom. The Bertz CT molecular complexity index is 389. The van der Waals surface area contributed by atoms with Gasteiger partial charge in [0.15, 0.2) is 5.78 Å². The molecule has 0 bridgehead atoms. The van der Waals surface area contributed by atoms with Crippen molar-refractivity contribution in [3.8, 4) is 0 Å². The maximum atomic E-state index is 11.7. The van der Waals surface area contributed by atoms with Crippen LogP contribution in [0.3, 0.4) is 0 Å². The van der Waals surface area contributed by atoms with Gasteiger partial charge in [0, 0.05) is 10.0 Å². The molecule has 1 aromatic carbocycles. The molecule has 4 nitrogen and oxygen atoms in total. The van der Waals surface area contributed by atoms with Crippen molar-refractivity contribution in [1.29, 1.82) is 0 Å². The average Bonchev–Trinajstić information content (AvgIpc) is 2.16. The highest BCUT2D eigenvalue weighted by molar-refractivity contribution is 9.10. The molecule has 0 aliphatic carbocycles. The minimum Gasteiger partial charge on any atom is -0.369 e. The Labute approximate surface area is 103 Å². The molecule has 0 aliphatic heterocycles. The summed E-state index contributed by atoms with van der Waals surface area (Å²) >= 11 is 3.30. The van der Waals surface area contributed by atoms with Gasteiger partial charge in [-0.25, -0.2) is 0 Å². The molecule has 0 atom stereocenters. The van der Waals surface area contributed by atoms with Crippen LogP contribution in [-0.2, 0) is 4.79 Å². The number of hydrogen-bond donors (Lipinski definition) is 1. The number of halogens is 1. The van der Waals surface area contributed by atoms with Crippen molar-refractivity contribution in [3.05, 3.63) is 34.3 Å². The SMILES string of the molecule is CN(CC(N)=O)CC(=O)c1ccc(Br)cc1. The number of nitrogens with two attached hydrogens (primary N) is 1. The number of carbonyl (C=O) groups excluding carboxylic acids is 2. The summed E-state index contributed by atoms with van der Waals surface area (Å²) in [5.74, 6) is -0.470. The van der Waals surface area contributed by atoms with Gasteiger partial charge in [0.2, 0.25) is 5.91 Å². The van der Waals surface area contributed by atoms with E-state index in [1.807, 2.05) is 0 Å². The van der Waals surface area contributed by atoms with Crippen molar-refractivity contribution in [2.45, 2.75) is 0 Å². The second-order valence-electron chi connectivity index (χ2n) is 3.57. The van der Waals surface area contributed by atoms with Crippen LogP contribution in [0.5, 0.6) is 0 Å². The summed E-state index contributed by atoms with van der Waals surface area (Å²) in [5, 5.41) is 0. The van der Waals surface area contributed by atoms with E-state index in [1.165, 1.54) is 0 Å². The highest BCUT2D eigenvalue weighted by atomic mass is 79.9. The molecule has 16 heavy (non-hydrogen) atoms. The van der Waals surface area contributed by atoms with Crippen molar-refractivity contribution in [1.82, 2.24) is 4.90 Å². The van der Waals surface area contributed by atoms with Gasteiger partial charge >= 0.3 is 0 Å². The monoisotopic (exact) mass is 284 g/mol. The van der Waals surface area contributed by atoms with E-state index in [2.05, 4.69) is 15.9 Å². The number of likely N-dealkylation sites (N-methyl/N-ethyl adjacent to an activating group) is 1. The predicted molar refractivity (Wildman–Crippen MR) is 65.2 cm³/mol. The molecule has 5 heteroatoms. The van der Waals surface area contributed by atoms with Crippen LogP contribution in [0.15, 0.2) is 28.7 Å². The summed E-state index contributed by atoms with van der Waals surface area (Å²) in [6, 6.07) is 7.09. The molecule has 0 fully saturated rings. The van der Waals surface area contributed by atoms with E-state index in [4.69, 9.17) is 5.73 Å². The van der Waals surface area contributed by atoms with Crippen molar-refractivity contribution >= 4 is 27.6 Å². The van der Waals surface area contributed by atoms with Crippen LogP contribution in [0.4, 0.5) is 0 Å². The van der Waals surface area contributed by atoms with Gasteiger partial charge in [-0.1, -0.05) is 28.1 Å². The molecule has 0 unspecified atom stereocenters. The number of hydrogen-bond acceptors (Lipinski definition) is 3. The molecule has 1 amide bonds. The highest BCUT2D eigenvalue weighted by Gasteiger charge is 2.10. The lowest BCUT2D eigenvalue weighted by Crippen LogP contribution is -2.34. The molecule has 0 spiro atoms. The second-order valence-corrected chi connectivity index (χ2v) is 4.48. The van der Waals surface area contributed by atoms with Gasteiger partial charge in [-0.2, -0.15) is 0 Å². The first-order valence-electron chi connectivity index (χ1n) is 4.74. The molecule has 0 heterocycles. The number of nitrogens with zero attached hydrogens (tertiary/aromatic N) is 1. The standard InChI is InChI=1S/C11H13BrN2O2/c1-14(7-11(13)16)6-10(15)8-2-4-9(12)5-3-8/h2-5H,6-7H2,1H3,(H2,13,16). The zero-order chi connectivity index (χ0) is 12.1. The number of rotatable bonds is 5. The topological polar surface area (TPSA) is 63.4 Å². The Morgan fingerprint density at radius 2 is 1.81 bits per heavy atom. The van der Waals surface area contributed by atoms with Crippen LogP contribution in [0, 0.1) is 0 Å². The summed E-state index contributed by atoms with van der Waals surface area (Å²) in [6.45, 7) is 0.271. The van der Waals surface area contributed by atoms with Crippen LogP contribution < -0.4 is 5.73 Å². The van der Waals surface area contributed by atoms with Gasteiger partial charge in [-0.3, -0.25) is 14.5 Å². The Kier molecular flexibility index (Phi) is 4.64. The van der Waals surface area contributed by atoms with Gasteiger partial charge in [0.1, 0.15) is 0 Å². The van der Waals surface area contributed by atoms with Crippen LogP contribution in [0.25, 0.3) is 0 Å². The summed E-state index contributed by atoms with van der Waals surface area (Å²) in [4.78, 5) is 24.0.